The van der Waals surface area contributed by atoms with E-state index in [1.54, 1.807) is 6.07 Å². The smallest absolute Gasteiger partial charge is 0.265 e. The molecule has 2 aliphatic heterocycles. The number of nitrogens with zero attached hydrogens (tertiary/aromatic N) is 2. The van der Waals surface area contributed by atoms with Gasteiger partial charge in [0.25, 0.3) is 5.91 Å². The second-order valence-electron chi connectivity index (χ2n) is 7.85. The number of piperidine rings is 1. The number of amides is 2. The molecule has 2 heterocycles. The number of ether oxygens (including phenoxy) is 1. The molecule has 28 heavy (non-hydrogen) atoms. The molecule has 0 spiro atoms. The van der Waals surface area contributed by atoms with Gasteiger partial charge < -0.3 is 10.1 Å². The van der Waals surface area contributed by atoms with E-state index in [0.717, 1.165) is 25.7 Å². The maximum Gasteiger partial charge on any atom is 0.265 e. The van der Waals surface area contributed by atoms with Crippen molar-refractivity contribution in [3.63, 3.8) is 0 Å². The second kappa shape index (κ2) is 7.36. The van der Waals surface area contributed by atoms with Crippen LogP contribution < -0.4 is 15.0 Å². The van der Waals surface area contributed by atoms with E-state index in [4.69, 9.17) is 4.74 Å². The summed E-state index contributed by atoms with van der Waals surface area (Å²) in [7, 11) is -3.67. The first-order valence-electron chi connectivity index (χ1n) is 9.71. The highest BCUT2D eigenvalue weighted by Gasteiger charge is 2.33. The Bertz CT molecular complexity index is 897. The molecule has 1 saturated carbocycles. The van der Waals surface area contributed by atoms with Crippen LogP contribution in [0.5, 0.6) is 5.75 Å². The summed E-state index contributed by atoms with van der Waals surface area (Å²) in [5.41, 5.74) is 0.327. The first-order chi connectivity index (χ1) is 13.3. The van der Waals surface area contributed by atoms with Gasteiger partial charge in [-0.1, -0.05) is 6.92 Å². The van der Waals surface area contributed by atoms with Gasteiger partial charge in [-0.2, -0.15) is 4.31 Å². The molecule has 1 aromatic carbocycles. The number of hydrogen-bond donors (Lipinski definition) is 1. The number of benzene rings is 1. The molecule has 1 N–H and O–H groups in total. The molecule has 4 rings (SSSR count). The maximum atomic E-state index is 13.1. The van der Waals surface area contributed by atoms with Crippen LogP contribution in [0.15, 0.2) is 23.1 Å². The lowest BCUT2D eigenvalue weighted by atomic mass is 10.0. The Kier molecular flexibility index (Phi) is 5.05. The summed E-state index contributed by atoms with van der Waals surface area (Å²) in [5.74, 6) is 0.111. The number of carbonyl (C=O) groups excluding carboxylic acids is 2. The Morgan fingerprint density at radius 1 is 1.29 bits per heavy atom. The number of hydrogen-bond acceptors (Lipinski definition) is 5. The average molecular weight is 407 g/mol. The molecule has 1 aliphatic carbocycles. The summed E-state index contributed by atoms with van der Waals surface area (Å²) >= 11 is 0. The van der Waals surface area contributed by atoms with Gasteiger partial charge >= 0.3 is 0 Å². The van der Waals surface area contributed by atoms with Crippen LogP contribution in [-0.4, -0.2) is 56.8 Å². The van der Waals surface area contributed by atoms with Crippen molar-refractivity contribution in [3.8, 4) is 5.75 Å². The van der Waals surface area contributed by atoms with E-state index in [1.165, 1.54) is 21.3 Å². The molecule has 1 saturated heterocycles. The predicted molar refractivity (Wildman–Crippen MR) is 103 cm³/mol. The van der Waals surface area contributed by atoms with E-state index >= 15 is 0 Å². The van der Waals surface area contributed by atoms with Crippen LogP contribution in [0.25, 0.3) is 0 Å². The van der Waals surface area contributed by atoms with Crippen LogP contribution >= 0.6 is 0 Å². The van der Waals surface area contributed by atoms with Crippen molar-refractivity contribution in [2.45, 2.75) is 43.5 Å². The molecule has 2 fully saturated rings. The standard InChI is InChI=1S/C19H25N3O5S/c1-13-3-2-8-21(10-13)28(25,26)15-6-7-17-16(9-15)22(19(24)12-27-17)11-18(23)20-14-4-5-14/h6-7,9,13-14H,2-5,8,10-12H2,1H3,(H,20,23)/t13-/m1/s1. The molecule has 0 radical (unpaired) electrons. The molecule has 152 valence electrons. The topological polar surface area (TPSA) is 96.0 Å². The zero-order valence-electron chi connectivity index (χ0n) is 15.9. The number of rotatable bonds is 5. The summed E-state index contributed by atoms with van der Waals surface area (Å²) in [6.07, 6.45) is 3.76. The van der Waals surface area contributed by atoms with Crippen LogP contribution in [0.1, 0.15) is 32.6 Å². The summed E-state index contributed by atoms with van der Waals surface area (Å²) in [6.45, 7) is 2.71. The monoisotopic (exact) mass is 407 g/mol. The van der Waals surface area contributed by atoms with Crippen molar-refractivity contribution >= 4 is 27.5 Å². The maximum absolute atomic E-state index is 13.1. The quantitative estimate of drug-likeness (QED) is 0.789. The highest BCUT2D eigenvalue weighted by molar-refractivity contribution is 7.89. The van der Waals surface area contributed by atoms with E-state index in [0.29, 0.717) is 30.4 Å². The predicted octanol–water partition coefficient (Wildman–Crippen LogP) is 1.11. The molecule has 2 amide bonds. The molecule has 1 aromatic rings. The van der Waals surface area contributed by atoms with Crippen molar-refractivity contribution in [1.82, 2.24) is 9.62 Å². The van der Waals surface area contributed by atoms with Gasteiger partial charge in [-0.3, -0.25) is 14.5 Å². The van der Waals surface area contributed by atoms with Crippen molar-refractivity contribution in [1.29, 1.82) is 0 Å². The van der Waals surface area contributed by atoms with Crippen LogP contribution in [0.2, 0.25) is 0 Å². The van der Waals surface area contributed by atoms with Gasteiger partial charge in [0.1, 0.15) is 12.3 Å². The Morgan fingerprint density at radius 3 is 2.79 bits per heavy atom. The summed E-state index contributed by atoms with van der Waals surface area (Å²) < 4.78 is 33.1. The van der Waals surface area contributed by atoms with Gasteiger partial charge in [0.2, 0.25) is 15.9 Å². The molecule has 0 aromatic heterocycles. The molecular weight excluding hydrogens is 382 g/mol. The summed E-state index contributed by atoms with van der Waals surface area (Å²) in [6, 6.07) is 4.71. The molecule has 3 aliphatic rings. The zero-order valence-corrected chi connectivity index (χ0v) is 16.7. The Morgan fingerprint density at radius 2 is 2.07 bits per heavy atom. The molecule has 0 bridgehead atoms. The minimum Gasteiger partial charge on any atom is -0.482 e. The van der Waals surface area contributed by atoms with Crippen molar-refractivity contribution in [2.75, 3.05) is 31.1 Å². The van der Waals surface area contributed by atoms with Crippen LogP contribution in [0.4, 0.5) is 5.69 Å². The third-order valence-corrected chi connectivity index (χ3v) is 7.24. The fraction of sp³-hybridized carbons (Fsp3) is 0.579. The van der Waals surface area contributed by atoms with Crippen molar-refractivity contribution in [3.05, 3.63) is 18.2 Å². The number of sulfonamides is 1. The third kappa shape index (κ3) is 3.86. The van der Waals surface area contributed by atoms with Crippen molar-refractivity contribution < 1.29 is 22.7 Å². The minimum absolute atomic E-state index is 0.117. The number of carbonyl (C=O) groups is 2. The van der Waals surface area contributed by atoms with E-state index < -0.39 is 10.0 Å². The van der Waals surface area contributed by atoms with Crippen LogP contribution in [0, 0.1) is 5.92 Å². The highest BCUT2D eigenvalue weighted by atomic mass is 32.2. The Balaban J connectivity index is 1.61. The van der Waals surface area contributed by atoms with E-state index in [-0.39, 0.29) is 35.9 Å². The van der Waals surface area contributed by atoms with Gasteiger partial charge in [0, 0.05) is 19.1 Å². The van der Waals surface area contributed by atoms with Gasteiger partial charge in [-0.15, -0.1) is 0 Å². The van der Waals surface area contributed by atoms with E-state index in [2.05, 4.69) is 5.32 Å². The molecular formula is C19H25N3O5S. The Hall–Kier alpha value is -2.13. The van der Waals surface area contributed by atoms with Crippen molar-refractivity contribution in [2.24, 2.45) is 5.92 Å². The summed E-state index contributed by atoms with van der Waals surface area (Å²) in [5, 5.41) is 2.85. The number of fused-ring (bicyclic) bond motifs is 1. The number of nitrogens with one attached hydrogen (secondary N) is 1. The lowest BCUT2D eigenvalue weighted by Gasteiger charge is -2.32. The lowest BCUT2D eigenvalue weighted by molar-refractivity contribution is -0.125. The van der Waals surface area contributed by atoms with Crippen LogP contribution in [-0.2, 0) is 19.6 Å². The number of anilines is 1. The van der Waals surface area contributed by atoms with Crippen LogP contribution in [0.3, 0.4) is 0 Å². The second-order valence-corrected chi connectivity index (χ2v) is 9.79. The van der Waals surface area contributed by atoms with E-state index in [1.807, 2.05) is 6.92 Å². The molecule has 0 unspecified atom stereocenters. The minimum atomic E-state index is -3.67. The van der Waals surface area contributed by atoms with Gasteiger partial charge in [0.15, 0.2) is 6.61 Å². The first-order valence-corrected chi connectivity index (χ1v) is 11.2. The fourth-order valence-electron chi connectivity index (χ4n) is 3.67. The lowest BCUT2D eigenvalue weighted by Crippen LogP contribution is -2.45. The highest BCUT2D eigenvalue weighted by Crippen LogP contribution is 2.35. The zero-order chi connectivity index (χ0) is 19.9. The van der Waals surface area contributed by atoms with Gasteiger partial charge in [-0.05, 0) is 49.8 Å². The SMILES string of the molecule is C[C@@H]1CCCN(S(=O)(=O)c2ccc3c(c2)N(CC(=O)NC2CC2)C(=O)CO3)C1. The van der Waals surface area contributed by atoms with E-state index in [9.17, 15) is 18.0 Å². The van der Waals surface area contributed by atoms with Gasteiger partial charge in [-0.25, -0.2) is 8.42 Å². The normalized spacial score (nSPS) is 23.1. The van der Waals surface area contributed by atoms with Gasteiger partial charge in [0.05, 0.1) is 10.6 Å². The largest absolute Gasteiger partial charge is 0.482 e. The molecule has 8 nitrogen and oxygen atoms in total. The molecule has 9 heteroatoms. The fourth-order valence-corrected chi connectivity index (χ4v) is 5.29. The third-order valence-electron chi connectivity index (χ3n) is 5.38. The summed E-state index contributed by atoms with van der Waals surface area (Å²) in [4.78, 5) is 26.0. The molecule has 1 atom stereocenters. The first kappa shape index (κ1) is 19.2. The Labute approximate surface area is 164 Å². The average Bonchev–Trinajstić information content (AvgIpc) is 3.47.